The lowest BCUT2D eigenvalue weighted by atomic mass is 10.0. The molecule has 0 heterocycles. The van der Waals surface area contributed by atoms with Crippen LogP contribution < -0.4 is 25.1 Å². The Bertz CT molecular complexity index is 991. The summed E-state index contributed by atoms with van der Waals surface area (Å²) in [6, 6.07) is 11.8. The van der Waals surface area contributed by atoms with Gasteiger partial charge in [-0.05, 0) is 62.6 Å². The van der Waals surface area contributed by atoms with Gasteiger partial charge in [0.25, 0.3) is 11.8 Å². The first-order valence-electron chi connectivity index (χ1n) is 11.7. The Balaban J connectivity index is 1.99. The van der Waals surface area contributed by atoms with Crippen LogP contribution in [0.4, 0.5) is 5.69 Å². The lowest BCUT2D eigenvalue weighted by Gasteiger charge is -2.22. The third-order valence-electron chi connectivity index (χ3n) is 5.27. The lowest BCUT2D eigenvalue weighted by molar-refractivity contribution is -0.130. The van der Waals surface area contributed by atoms with Crippen molar-refractivity contribution in [2.75, 3.05) is 31.7 Å². The molecule has 0 saturated carbocycles. The van der Waals surface area contributed by atoms with E-state index in [9.17, 15) is 9.59 Å². The second kappa shape index (κ2) is 14.2. The van der Waals surface area contributed by atoms with Gasteiger partial charge in [-0.2, -0.15) is 5.10 Å². The fourth-order valence-electron chi connectivity index (χ4n) is 3.45. The number of anilines is 1. The number of benzene rings is 2. The highest BCUT2D eigenvalue weighted by atomic mass is 35.5. The van der Waals surface area contributed by atoms with Crippen LogP contribution in [-0.4, -0.2) is 50.9 Å². The summed E-state index contributed by atoms with van der Waals surface area (Å²) >= 11 is 5.86. The van der Waals surface area contributed by atoms with Gasteiger partial charge in [0.1, 0.15) is 17.5 Å². The molecule has 190 valence electrons. The average molecular weight is 503 g/mol. The highest BCUT2D eigenvalue weighted by Gasteiger charge is 2.22. The molecule has 35 heavy (non-hydrogen) atoms. The Kier molecular flexibility index (Phi) is 11.4. The summed E-state index contributed by atoms with van der Waals surface area (Å²) in [6.07, 6.45) is 1.98. The van der Waals surface area contributed by atoms with Gasteiger partial charge in [-0.1, -0.05) is 25.4 Å². The highest BCUT2D eigenvalue weighted by Crippen LogP contribution is 2.24. The molecule has 0 aliphatic heterocycles. The smallest absolute Gasteiger partial charge is 0.262 e. The molecule has 9 heteroatoms. The molecule has 0 aliphatic carbocycles. The topological polar surface area (TPSA) is 92.3 Å². The zero-order valence-corrected chi connectivity index (χ0v) is 21.8. The minimum atomic E-state index is -0.750. The van der Waals surface area contributed by atoms with Gasteiger partial charge in [0, 0.05) is 35.4 Å². The summed E-state index contributed by atoms with van der Waals surface area (Å²) in [5, 5.41) is 7.39. The number of hydrazone groups is 1. The number of nitrogens with one attached hydrogen (secondary N) is 2. The van der Waals surface area contributed by atoms with Crippen LogP contribution in [0.15, 0.2) is 47.6 Å². The van der Waals surface area contributed by atoms with Gasteiger partial charge in [0.2, 0.25) is 0 Å². The monoisotopic (exact) mass is 502 g/mol. The number of carbonyl (C=O) groups is 2. The van der Waals surface area contributed by atoms with Crippen LogP contribution in [0.3, 0.4) is 0 Å². The minimum absolute atomic E-state index is 0.180. The number of methoxy groups -OCH3 is 1. The van der Waals surface area contributed by atoms with Crippen molar-refractivity contribution in [1.29, 1.82) is 0 Å². The number of ether oxygens (including phenoxy) is 2. The summed E-state index contributed by atoms with van der Waals surface area (Å²) in [6.45, 7) is 9.69. The fourth-order valence-corrected chi connectivity index (χ4v) is 3.58. The molecule has 0 bridgehead atoms. The molecule has 2 aromatic rings. The maximum Gasteiger partial charge on any atom is 0.262 e. The number of rotatable bonds is 13. The number of halogens is 1. The third kappa shape index (κ3) is 9.13. The van der Waals surface area contributed by atoms with E-state index in [1.807, 2.05) is 32.0 Å². The van der Waals surface area contributed by atoms with Crippen molar-refractivity contribution in [3.8, 4) is 11.5 Å². The van der Waals surface area contributed by atoms with E-state index >= 15 is 0 Å². The molecular formula is C26H35ClN4O4. The van der Waals surface area contributed by atoms with Crippen LogP contribution in [-0.2, 0) is 9.59 Å². The molecule has 0 spiro atoms. The van der Waals surface area contributed by atoms with Gasteiger partial charge >= 0.3 is 0 Å². The SMILES string of the molecule is CCN(CC)c1ccc(/C=N\NC(=O)[C@H](CC(C)C)NC(=O)COc2ccc(Cl)cc2)c(OC)c1. The third-order valence-corrected chi connectivity index (χ3v) is 5.52. The maximum atomic E-state index is 12.8. The van der Waals surface area contributed by atoms with Crippen LogP contribution in [0, 0.1) is 5.92 Å². The van der Waals surface area contributed by atoms with Crippen LogP contribution in [0.25, 0.3) is 0 Å². The van der Waals surface area contributed by atoms with Crippen molar-refractivity contribution in [2.24, 2.45) is 11.0 Å². The van der Waals surface area contributed by atoms with E-state index in [1.165, 1.54) is 6.21 Å². The van der Waals surface area contributed by atoms with Gasteiger partial charge in [0.05, 0.1) is 13.3 Å². The second-order valence-corrected chi connectivity index (χ2v) is 8.76. The van der Waals surface area contributed by atoms with Gasteiger partial charge in [0.15, 0.2) is 6.61 Å². The Morgan fingerprint density at radius 2 is 1.80 bits per heavy atom. The van der Waals surface area contributed by atoms with Crippen LogP contribution in [0.2, 0.25) is 5.02 Å². The molecule has 8 nitrogen and oxygen atoms in total. The van der Waals surface area contributed by atoms with E-state index in [2.05, 4.69) is 34.6 Å². The van der Waals surface area contributed by atoms with Crippen LogP contribution in [0.5, 0.6) is 11.5 Å². The summed E-state index contributed by atoms with van der Waals surface area (Å²) in [5.41, 5.74) is 4.30. The van der Waals surface area contributed by atoms with Crippen molar-refractivity contribution in [3.63, 3.8) is 0 Å². The summed E-state index contributed by atoms with van der Waals surface area (Å²) in [4.78, 5) is 27.4. The molecular weight excluding hydrogens is 468 g/mol. The zero-order valence-electron chi connectivity index (χ0n) is 21.0. The quantitative estimate of drug-likeness (QED) is 0.315. The fraction of sp³-hybridized carbons (Fsp3) is 0.423. The first-order valence-corrected chi connectivity index (χ1v) is 12.1. The summed E-state index contributed by atoms with van der Waals surface area (Å²) in [7, 11) is 1.59. The molecule has 2 rings (SSSR count). The van der Waals surface area contributed by atoms with E-state index in [0.717, 1.165) is 24.3 Å². The number of carbonyl (C=O) groups excluding carboxylic acids is 2. The molecule has 0 aliphatic rings. The lowest BCUT2D eigenvalue weighted by Crippen LogP contribution is -2.47. The number of nitrogens with zero attached hydrogens (tertiary/aromatic N) is 2. The Morgan fingerprint density at radius 1 is 1.11 bits per heavy atom. The zero-order chi connectivity index (χ0) is 25.8. The molecule has 0 aromatic heterocycles. The van der Waals surface area contributed by atoms with Crippen LogP contribution in [0.1, 0.15) is 39.7 Å². The largest absolute Gasteiger partial charge is 0.496 e. The van der Waals surface area contributed by atoms with Crippen molar-refractivity contribution in [3.05, 3.63) is 53.1 Å². The molecule has 2 N–H and O–H groups in total. The second-order valence-electron chi connectivity index (χ2n) is 8.33. The molecule has 0 fully saturated rings. The minimum Gasteiger partial charge on any atom is -0.496 e. The van der Waals surface area contributed by atoms with Crippen molar-refractivity contribution < 1.29 is 19.1 Å². The molecule has 2 aromatic carbocycles. The van der Waals surface area contributed by atoms with Crippen molar-refractivity contribution >= 4 is 35.3 Å². The van der Waals surface area contributed by atoms with Gasteiger partial charge in [-0.25, -0.2) is 5.43 Å². The number of hydrogen-bond donors (Lipinski definition) is 2. The maximum absolute atomic E-state index is 12.8. The Morgan fingerprint density at radius 3 is 2.40 bits per heavy atom. The average Bonchev–Trinajstić information content (AvgIpc) is 2.84. The summed E-state index contributed by atoms with van der Waals surface area (Å²) in [5.74, 6) is 0.533. The van der Waals surface area contributed by atoms with Crippen molar-refractivity contribution in [1.82, 2.24) is 10.7 Å². The van der Waals surface area contributed by atoms with E-state index < -0.39 is 17.9 Å². The summed E-state index contributed by atoms with van der Waals surface area (Å²) < 4.78 is 11.0. The predicted octanol–water partition coefficient (Wildman–Crippen LogP) is 4.25. The normalized spacial score (nSPS) is 11.9. The van der Waals surface area contributed by atoms with E-state index in [0.29, 0.717) is 22.9 Å². The Hall–Kier alpha value is -3.26. The van der Waals surface area contributed by atoms with E-state index in [1.54, 1.807) is 31.4 Å². The Labute approximate surface area is 212 Å². The van der Waals surface area contributed by atoms with Gasteiger partial charge < -0.3 is 19.7 Å². The molecule has 0 unspecified atom stereocenters. The molecule has 0 saturated heterocycles. The number of hydrogen-bond acceptors (Lipinski definition) is 6. The van der Waals surface area contributed by atoms with Crippen LogP contribution >= 0.6 is 11.6 Å². The first-order chi connectivity index (χ1) is 16.8. The van der Waals surface area contributed by atoms with Gasteiger partial charge in [-0.3, -0.25) is 9.59 Å². The van der Waals surface area contributed by atoms with Crippen molar-refractivity contribution in [2.45, 2.75) is 40.2 Å². The van der Waals surface area contributed by atoms with E-state index in [-0.39, 0.29) is 12.5 Å². The standard InChI is InChI=1S/C26H35ClN4O4/c1-6-31(7-2)21-11-8-19(24(15-21)34-5)16-28-30-26(33)23(14-18(3)4)29-25(32)17-35-22-12-9-20(27)10-13-22/h8-13,15-16,18,23H,6-7,14,17H2,1-5H3,(H,29,32)(H,30,33)/b28-16-/t23-/m0/s1. The highest BCUT2D eigenvalue weighted by molar-refractivity contribution is 6.30. The molecule has 2 amide bonds. The van der Waals surface area contributed by atoms with E-state index in [4.69, 9.17) is 21.1 Å². The predicted molar refractivity (Wildman–Crippen MR) is 141 cm³/mol. The van der Waals surface area contributed by atoms with Gasteiger partial charge in [-0.15, -0.1) is 0 Å². The number of amides is 2. The molecule has 0 radical (unpaired) electrons. The molecule has 1 atom stereocenters. The first kappa shape index (κ1) is 28.0.